The van der Waals surface area contributed by atoms with Crippen molar-refractivity contribution < 1.29 is 14.3 Å². The molecule has 0 heterocycles. The number of hydrogen-bond donors (Lipinski definition) is 0. The number of methoxy groups -OCH3 is 1. The molecule has 0 spiro atoms. The Labute approximate surface area is 141 Å². The van der Waals surface area contributed by atoms with Gasteiger partial charge in [-0.1, -0.05) is 18.5 Å². The van der Waals surface area contributed by atoms with Gasteiger partial charge in [0.15, 0.2) is 11.5 Å². The molecule has 5 nitrogen and oxygen atoms in total. The van der Waals surface area contributed by atoms with Gasteiger partial charge in [0, 0.05) is 18.2 Å². The van der Waals surface area contributed by atoms with Crippen LogP contribution in [0.25, 0.3) is 0 Å². The van der Waals surface area contributed by atoms with E-state index in [1.165, 1.54) is 7.11 Å². The van der Waals surface area contributed by atoms with Gasteiger partial charge in [-0.25, -0.2) is 0 Å². The molecule has 1 saturated carbocycles. The average molecular weight is 337 g/mol. The first-order valence-corrected chi connectivity index (χ1v) is 8.18. The van der Waals surface area contributed by atoms with Crippen LogP contribution in [0.1, 0.15) is 43.0 Å². The van der Waals surface area contributed by atoms with Crippen molar-refractivity contribution in [2.24, 2.45) is 0 Å². The normalized spacial score (nSPS) is 13.3. The fraction of sp³-hybridized carbons (Fsp3) is 0.529. The van der Waals surface area contributed by atoms with Gasteiger partial charge in [0.05, 0.1) is 31.2 Å². The second kappa shape index (κ2) is 8.07. The predicted molar refractivity (Wildman–Crippen MR) is 88.1 cm³/mol. The van der Waals surface area contributed by atoms with Gasteiger partial charge in [-0.15, -0.1) is 0 Å². The Kier molecular flexibility index (Phi) is 6.12. The summed E-state index contributed by atoms with van der Waals surface area (Å²) < 4.78 is 10.9. The van der Waals surface area contributed by atoms with Gasteiger partial charge in [-0.2, -0.15) is 5.26 Å². The summed E-state index contributed by atoms with van der Waals surface area (Å²) in [6, 6.07) is 5.59. The van der Waals surface area contributed by atoms with Crippen molar-refractivity contribution in [1.82, 2.24) is 4.90 Å². The highest BCUT2D eigenvalue weighted by atomic mass is 35.5. The molecule has 1 amide bonds. The SMILES string of the molecule is CCCOc1c(Cl)cc(C(=O)N(CCC#N)C2CC2)cc1OC. The van der Waals surface area contributed by atoms with Crippen molar-refractivity contribution >= 4 is 17.5 Å². The van der Waals surface area contributed by atoms with Gasteiger partial charge >= 0.3 is 0 Å². The summed E-state index contributed by atoms with van der Waals surface area (Å²) in [5.74, 6) is 0.790. The van der Waals surface area contributed by atoms with Crippen molar-refractivity contribution in [3.8, 4) is 17.6 Å². The zero-order valence-corrected chi connectivity index (χ0v) is 14.2. The molecule has 6 heteroatoms. The number of carbonyl (C=O) groups is 1. The number of benzene rings is 1. The van der Waals surface area contributed by atoms with E-state index in [0.29, 0.717) is 41.7 Å². The third kappa shape index (κ3) is 4.29. The summed E-state index contributed by atoms with van der Waals surface area (Å²) in [5, 5.41) is 9.13. The lowest BCUT2D eigenvalue weighted by molar-refractivity contribution is 0.0746. The number of nitriles is 1. The van der Waals surface area contributed by atoms with Gasteiger partial charge < -0.3 is 14.4 Å². The monoisotopic (exact) mass is 336 g/mol. The van der Waals surface area contributed by atoms with E-state index in [4.69, 9.17) is 26.3 Å². The summed E-state index contributed by atoms with van der Waals surface area (Å²) in [7, 11) is 1.52. The van der Waals surface area contributed by atoms with E-state index in [0.717, 1.165) is 19.3 Å². The van der Waals surface area contributed by atoms with Crippen LogP contribution < -0.4 is 9.47 Å². The van der Waals surface area contributed by atoms with Crippen LogP contribution in [0, 0.1) is 11.3 Å². The standard InChI is InChI=1S/C17H21ClN2O3/c1-3-9-23-16-14(18)10-12(11-15(16)22-2)17(21)20(8-4-7-19)13-5-6-13/h10-11,13H,3-6,8-9H2,1-2H3. The number of hydrogen-bond acceptors (Lipinski definition) is 4. The molecule has 0 saturated heterocycles. The molecule has 0 bridgehead atoms. The minimum absolute atomic E-state index is 0.120. The third-order valence-corrected chi connectivity index (χ3v) is 3.92. The lowest BCUT2D eigenvalue weighted by Gasteiger charge is -2.22. The second-order valence-electron chi connectivity index (χ2n) is 5.48. The first kappa shape index (κ1) is 17.4. The summed E-state index contributed by atoms with van der Waals surface area (Å²) in [6.07, 6.45) is 3.15. The van der Waals surface area contributed by atoms with Crippen molar-refractivity contribution in [2.45, 2.75) is 38.6 Å². The quantitative estimate of drug-likeness (QED) is 0.726. The molecule has 23 heavy (non-hydrogen) atoms. The van der Waals surface area contributed by atoms with E-state index in [-0.39, 0.29) is 11.9 Å². The van der Waals surface area contributed by atoms with Crippen LogP contribution in [0.3, 0.4) is 0 Å². The van der Waals surface area contributed by atoms with E-state index in [1.807, 2.05) is 6.92 Å². The summed E-state index contributed by atoms with van der Waals surface area (Å²) in [6.45, 7) is 2.97. The predicted octanol–water partition coefficient (Wildman–Crippen LogP) is 3.66. The molecule has 124 valence electrons. The maximum atomic E-state index is 12.7. The van der Waals surface area contributed by atoms with E-state index in [9.17, 15) is 4.79 Å². The molecule has 0 N–H and O–H groups in total. The zero-order valence-electron chi connectivity index (χ0n) is 13.5. The Morgan fingerprint density at radius 1 is 1.48 bits per heavy atom. The van der Waals surface area contributed by atoms with Crippen LogP contribution in [0.15, 0.2) is 12.1 Å². The highest BCUT2D eigenvalue weighted by Gasteiger charge is 2.33. The van der Waals surface area contributed by atoms with Gasteiger partial charge in [-0.3, -0.25) is 4.79 Å². The lowest BCUT2D eigenvalue weighted by Crippen LogP contribution is -2.34. The number of nitrogens with zero attached hydrogens (tertiary/aromatic N) is 2. The fourth-order valence-corrected chi connectivity index (χ4v) is 2.63. The minimum atomic E-state index is -0.120. The Bertz CT molecular complexity index is 609. The number of rotatable bonds is 8. The van der Waals surface area contributed by atoms with Crippen molar-refractivity contribution in [3.63, 3.8) is 0 Å². The number of amides is 1. The van der Waals surface area contributed by atoms with Crippen molar-refractivity contribution in [2.75, 3.05) is 20.3 Å². The average Bonchev–Trinajstić information content (AvgIpc) is 3.38. The Balaban J connectivity index is 2.25. The van der Waals surface area contributed by atoms with Gasteiger partial charge in [0.1, 0.15) is 0 Å². The first-order chi connectivity index (χ1) is 11.1. The van der Waals surface area contributed by atoms with Crippen LogP contribution in [-0.2, 0) is 0 Å². The van der Waals surface area contributed by atoms with Crippen LogP contribution in [0.5, 0.6) is 11.5 Å². The smallest absolute Gasteiger partial charge is 0.254 e. The fourth-order valence-electron chi connectivity index (χ4n) is 2.36. The summed E-state index contributed by atoms with van der Waals surface area (Å²) in [5.41, 5.74) is 0.459. The molecule has 1 fully saturated rings. The van der Waals surface area contributed by atoms with E-state index >= 15 is 0 Å². The molecule has 1 aliphatic rings. The molecule has 2 rings (SSSR count). The van der Waals surface area contributed by atoms with Gasteiger partial charge in [-0.05, 0) is 31.4 Å². The first-order valence-electron chi connectivity index (χ1n) is 7.80. The molecule has 1 aliphatic carbocycles. The Morgan fingerprint density at radius 3 is 2.78 bits per heavy atom. The maximum absolute atomic E-state index is 12.7. The van der Waals surface area contributed by atoms with Crippen molar-refractivity contribution in [1.29, 1.82) is 5.26 Å². The van der Waals surface area contributed by atoms with E-state index in [1.54, 1.807) is 17.0 Å². The summed E-state index contributed by atoms with van der Waals surface area (Å²) in [4.78, 5) is 14.5. The molecule has 0 aromatic heterocycles. The number of ether oxygens (including phenoxy) is 2. The molecule has 0 atom stereocenters. The Morgan fingerprint density at radius 2 is 2.22 bits per heavy atom. The summed E-state index contributed by atoms with van der Waals surface area (Å²) >= 11 is 6.27. The number of halogens is 1. The molecule has 1 aromatic rings. The van der Waals surface area contributed by atoms with Crippen molar-refractivity contribution in [3.05, 3.63) is 22.7 Å². The third-order valence-electron chi connectivity index (χ3n) is 3.64. The largest absolute Gasteiger partial charge is 0.493 e. The second-order valence-corrected chi connectivity index (χ2v) is 5.88. The van der Waals surface area contributed by atoms with Crippen LogP contribution in [0.2, 0.25) is 5.02 Å². The van der Waals surface area contributed by atoms with Crippen LogP contribution >= 0.6 is 11.6 Å². The number of carbonyl (C=O) groups excluding carboxylic acids is 1. The molecular weight excluding hydrogens is 316 g/mol. The van der Waals surface area contributed by atoms with Crippen LogP contribution in [0.4, 0.5) is 0 Å². The highest BCUT2D eigenvalue weighted by Crippen LogP contribution is 2.37. The minimum Gasteiger partial charge on any atom is -0.493 e. The maximum Gasteiger partial charge on any atom is 0.254 e. The molecule has 0 unspecified atom stereocenters. The topological polar surface area (TPSA) is 62.6 Å². The van der Waals surface area contributed by atoms with E-state index in [2.05, 4.69) is 6.07 Å². The molecule has 0 aliphatic heterocycles. The molecule has 1 aromatic carbocycles. The molecular formula is C17H21ClN2O3. The van der Waals surface area contributed by atoms with Crippen LogP contribution in [-0.4, -0.2) is 37.1 Å². The highest BCUT2D eigenvalue weighted by molar-refractivity contribution is 6.32. The van der Waals surface area contributed by atoms with Gasteiger partial charge in [0.2, 0.25) is 0 Å². The van der Waals surface area contributed by atoms with Gasteiger partial charge in [0.25, 0.3) is 5.91 Å². The van der Waals surface area contributed by atoms with E-state index < -0.39 is 0 Å². The molecule has 0 radical (unpaired) electrons. The lowest BCUT2D eigenvalue weighted by atomic mass is 10.1. The Hall–Kier alpha value is -1.93. The zero-order chi connectivity index (χ0) is 16.8.